The molecule has 0 bridgehead atoms. The van der Waals surface area contributed by atoms with Gasteiger partial charge in [0.1, 0.15) is 0 Å². The van der Waals surface area contributed by atoms with Gasteiger partial charge in [-0.15, -0.1) is 0 Å². The van der Waals surface area contributed by atoms with Gasteiger partial charge in [-0.05, 0) is 43.9 Å². The lowest BCUT2D eigenvalue weighted by Gasteiger charge is -2.12. The number of nitrogens with two attached hydrogens (primary N) is 1. The van der Waals surface area contributed by atoms with E-state index in [0.717, 1.165) is 18.5 Å². The number of allylic oxidation sites excluding steroid dienone is 4. The van der Waals surface area contributed by atoms with E-state index in [1.807, 2.05) is 0 Å². The van der Waals surface area contributed by atoms with E-state index in [1.54, 1.807) is 0 Å². The van der Waals surface area contributed by atoms with Crippen LogP contribution in [0, 0.1) is 13.8 Å². The number of rotatable bonds is 1. The fraction of sp³-hybridized carbons (Fsp3) is 0.286. The summed E-state index contributed by atoms with van der Waals surface area (Å²) < 4.78 is 0. The predicted octanol–water partition coefficient (Wildman–Crippen LogP) is 3.32. The molecule has 0 saturated heterocycles. The average Bonchev–Trinajstić information content (AvgIpc) is 2.16. The first-order chi connectivity index (χ1) is 7.15. The minimum Gasteiger partial charge on any atom is -0.402 e. The molecule has 0 radical (unpaired) electrons. The molecule has 0 aromatic heterocycles. The van der Waals surface area contributed by atoms with Gasteiger partial charge in [0.2, 0.25) is 0 Å². The summed E-state index contributed by atoms with van der Waals surface area (Å²) in [6.45, 7) is 4.26. The van der Waals surface area contributed by atoms with Crippen LogP contribution in [0.2, 0.25) is 0 Å². The van der Waals surface area contributed by atoms with Gasteiger partial charge >= 0.3 is 0 Å². The van der Waals surface area contributed by atoms with Crippen molar-refractivity contribution in [1.82, 2.24) is 0 Å². The molecule has 0 heterocycles. The molecule has 1 aromatic rings. The van der Waals surface area contributed by atoms with Gasteiger partial charge in [-0.2, -0.15) is 0 Å². The molecule has 1 aromatic carbocycles. The minimum atomic E-state index is 0.992. The first-order valence-corrected chi connectivity index (χ1v) is 5.40. The molecule has 2 rings (SSSR count). The molecule has 78 valence electrons. The number of aryl methyl sites for hydroxylation is 2. The summed E-state index contributed by atoms with van der Waals surface area (Å²) in [6.07, 6.45) is 6.42. The number of hydrogen-bond donors (Lipinski definition) is 1. The van der Waals surface area contributed by atoms with Crippen LogP contribution in [-0.4, -0.2) is 0 Å². The lowest BCUT2D eigenvalue weighted by atomic mass is 9.95. The lowest BCUT2D eigenvalue weighted by molar-refractivity contribution is 0.948. The molecule has 15 heavy (non-hydrogen) atoms. The van der Waals surface area contributed by atoms with E-state index < -0.39 is 0 Å². The van der Waals surface area contributed by atoms with E-state index in [4.69, 9.17) is 5.73 Å². The van der Waals surface area contributed by atoms with E-state index in [9.17, 15) is 0 Å². The Kier molecular flexibility index (Phi) is 2.63. The molecule has 1 aliphatic rings. The van der Waals surface area contributed by atoms with Gasteiger partial charge < -0.3 is 5.73 Å². The summed E-state index contributed by atoms with van der Waals surface area (Å²) in [5.41, 5.74) is 12.0. The Morgan fingerprint density at radius 2 is 1.73 bits per heavy atom. The van der Waals surface area contributed by atoms with E-state index in [2.05, 4.69) is 44.2 Å². The first-order valence-electron chi connectivity index (χ1n) is 5.40. The van der Waals surface area contributed by atoms with Crippen LogP contribution in [0.1, 0.15) is 29.5 Å². The number of benzene rings is 1. The van der Waals surface area contributed by atoms with Gasteiger partial charge in [0.25, 0.3) is 0 Å². The normalized spacial score (nSPS) is 15.9. The molecule has 2 N–H and O–H groups in total. The Balaban J connectivity index is 2.41. The highest BCUT2D eigenvalue weighted by Crippen LogP contribution is 2.24. The summed E-state index contributed by atoms with van der Waals surface area (Å²) in [4.78, 5) is 0. The zero-order chi connectivity index (χ0) is 10.8. The molecular formula is C14H17N. The fourth-order valence-corrected chi connectivity index (χ4v) is 2.07. The largest absolute Gasteiger partial charge is 0.402 e. The van der Waals surface area contributed by atoms with Crippen molar-refractivity contribution in [3.05, 3.63) is 52.7 Å². The van der Waals surface area contributed by atoms with Crippen molar-refractivity contribution in [2.45, 2.75) is 26.7 Å². The second-order valence-corrected chi connectivity index (χ2v) is 4.29. The Hall–Kier alpha value is -1.50. The van der Waals surface area contributed by atoms with Gasteiger partial charge in [0, 0.05) is 5.70 Å². The summed E-state index contributed by atoms with van der Waals surface area (Å²) in [7, 11) is 0. The molecule has 0 aliphatic heterocycles. The van der Waals surface area contributed by atoms with Crippen molar-refractivity contribution < 1.29 is 0 Å². The molecule has 0 saturated carbocycles. The first kappa shape index (κ1) is 10.0. The smallest absolute Gasteiger partial charge is 0.00896 e. The van der Waals surface area contributed by atoms with Crippen LogP contribution in [0.4, 0.5) is 0 Å². The third-order valence-electron chi connectivity index (χ3n) is 2.69. The van der Waals surface area contributed by atoms with E-state index in [1.165, 1.54) is 22.3 Å². The summed E-state index contributed by atoms with van der Waals surface area (Å²) >= 11 is 0. The van der Waals surface area contributed by atoms with Crippen LogP contribution in [0.25, 0.3) is 5.57 Å². The maximum atomic E-state index is 5.86. The highest BCUT2D eigenvalue weighted by molar-refractivity contribution is 5.76. The quantitative estimate of drug-likeness (QED) is 0.737. The molecule has 0 fully saturated rings. The molecule has 1 heteroatoms. The standard InChI is InChI=1S/C14H17N/c1-10-6-11(2)8-13(7-10)12-4-3-5-14(15)9-12/h4,6-9H,3,5,15H2,1-2H3. The summed E-state index contributed by atoms with van der Waals surface area (Å²) in [5.74, 6) is 0. The van der Waals surface area contributed by atoms with Crippen LogP contribution in [0.15, 0.2) is 36.0 Å². The maximum Gasteiger partial charge on any atom is 0.00896 e. The topological polar surface area (TPSA) is 26.0 Å². The Bertz CT molecular complexity index is 418. The van der Waals surface area contributed by atoms with Gasteiger partial charge in [-0.25, -0.2) is 0 Å². The molecule has 0 unspecified atom stereocenters. The van der Waals surface area contributed by atoms with Gasteiger partial charge in [0.05, 0.1) is 0 Å². The van der Waals surface area contributed by atoms with E-state index in [0.29, 0.717) is 0 Å². The second-order valence-electron chi connectivity index (χ2n) is 4.29. The Morgan fingerprint density at radius 1 is 1.07 bits per heavy atom. The van der Waals surface area contributed by atoms with Crippen LogP contribution >= 0.6 is 0 Å². The minimum absolute atomic E-state index is 0.992. The Labute approximate surface area is 91.3 Å². The van der Waals surface area contributed by atoms with Gasteiger partial charge in [-0.3, -0.25) is 0 Å². The third kappa shape index (κ3) is 2.30. The van der Waals surface area contributed by atoms with E-state index in [-0.39, 0.29) is 0 Å². The molecular weight excluding hydrogens is 182 g/mol. The van der Waals surface area contributed by atoms with E-state index >= 15 is 0 Å². The predicted molar refractivity (Wildman–Crippen MR) is 65.4 cm³/mol. The van der Waals surface area contributed by atoms with Crippen molar-refractivity contribution in [1.29, 1.82) is 0 Å². The molecule has 0 atom stereocenters. The van der Waals surface area contributed by atoms with Crippen LogP contribution in [-0.2, 0) is 0 Å². The molecule has 1 nitrogen and oxygen atoms in total. The van der Waals surface area contributed by atoms with Gasteiger partial charge in [0.15, 0.2) is 0 Å². The van der Waals surface area contributed by atoms with Crippen molar-refractivity contribution in [2.24, 2.45) is 5.73 Å². The third-order valence-corrected chi connectivity index (χ3v) is 2.69. The highest BCUT2D eigenvalue weighted by Gasteiger charge is 2.05. The summed E-state index contributed by atoms with van der Waals surface area (Å²) in [5, 5.41) is 0. The zero-order valence-corrected chi connectivity index (χ0v) is 9.38. The van der Waals surface area contributed by atoms with Crippen molar-refractivity contribution in [3.8, 4) is 0 Å². The lowest BCUT2D eigenvalue weighted by Crippen LogP contribution is -2.01. The molecule has 0 amide bonds. The fourth-order valence-electron chi connectivity index (χ4n) is 2.07. The molecule has 1 aliphatic carbocycles. The monoisotopic (exact) mass is 199 g/mol. The Morgan fingerprint density at radius 3 is 2.33 bits per heavy atom. The SMILES string of the molecule is Cc1cc(C)cc(C2=CCCC(N)=C2)c1. The van der Waals surface area contributed by atoms with Crippen molar-refractivity contribution in [3.63, 3.8) is 0 Å². The second kappa shape index (κ2) is 3.93. The summed E-state index contributed by atoms with van der Waals surface area (Å²) in [6, 6.07) is 6.63. The molecule has 0 spiro atoms. The maximum absolute atomic E-state index is 5.86. The zero-order valence-electron chi connectivity index (χ0n) is 9.38. The van der Waals surface area contributed by atoms with Crippen molar-refractivity contribution >= 4 is 5.57 Å². The van der Waals surface area contributed by atoms with Crippen LogP contribution in [0.3, 0.4) is 0 Å². The highest BCUT2D eigenvalue weighted by atomic mass is 14.6. The van der Waals surface area contributed by atoms with Crippen LogP contribution < -0.4 is 5.73 Å². The number of hydrogen-bond acceptors (Lipinski definition) is 1. The van der Waals surface area contributed by atoms with Crippen molar-refractivity contribution in [2.75, 3.05) is 0 Å². The van der Waals surface area contributed by atoms with Crippen LogP contribution in [0.5, 0.6) is 0 Å². The van der Waals surface area contributed by atoms with Gasteiger partial charge in [-0.1, -0.05) is 35.4 Å². The average molecular weight is 199 g/mol.